The number of hydrogen-bond acceptors (Lipinski definition) is 4. The number of carboxylic acids is 1. The first kappa shape index (κ1) is 20.2. The van der Waals surface area contributed by atoms with E-state index in [-0.39, 0.29) is 18.2 Å². The molecule has 0 spiro atoms. The number of carbonyl (C=O) groups is 2. The third-order valence-corrected chi connectivity index (χ3v) is 4.95. The van der Waals surface area contributed by atoms with Crippen molar-refractivity contribution < 1.29 is 19.4 Å². The van der Waals surface area contributed by atoms with Crippen LogP contribution in [0.5, 0.6) is 5.75 Å². The molecule has 0 aliphatic carbocycles. The topological polar surface area (TPSA) is 70.1 Å². The summed E-state index contributed by atoms with van der Waals surface area (Å²) in [5.74, 6) is -0.0443. The second-order valence-corrected chi connectivity index (χ2v) is 7.11. The highest BCUT2D eigenvalue weighted by Crippen LogP contribution is 2.28. The zero-order chi connectivity index (χ0) is 19.1. The number of amides is 1. The van der Waals surface area contributed by atoms with E-state index in [4.69, 9.17) is 9.84 Å². The molecular formula is C20H30N2O4. The monoisotopic (exact) mass is 362 g/mol. The van der Waals surface area contributed by atoms with Crippen molar-refractivity contribution in [1.29, 1.82) is 0 Å². The van der Waals surface area contributed by atoms with Crippen molar-refractivity contribution in [2.24, 2.45) is 5.92 Å². The minimum absolute atomic E-state index is 0.0331. The summed E-state index contributed by atoms with van der Waals surface area (Å²) in [7, 11) is 4.04. The van der Waals surface area contributed by atoms with Crippen LogP contribution < -0.4 is 4.74 Å². The Morgan fingerprint density at radius 3 is 2.69 bits per heavy atom. The Hall–Kier alpha value is -2.08. The number of hydrogen-bond donors (Lipinski definition) is 1. The zero-order valence-electron chi connectivity index (χ0n) is 16.0. The van der Waals surface area contributed by atoms with E-state index < -0.39 is 5.97 Å². The molecule has 2 rings (SSSR count). The third-order valence-electron chi connectivity index (χ3n) is 4.95. The van der Waals surface area contributed by atoms with Crippen molar-refractivity contribution in [2.75, 3.05) is 33.8 Å². The average Bonchev–Trinajstić information content (AvgIpc) is 2.64. The van der Waals surface area contributed by atoms with Gasteiger partial charge in [0.1, 0.15) is 5.75 Å². The standard InChI is InChI=1S/C20H30N2O4/c1-4-13-26-18-8-6-5-7-16(18)20(25)22-12-11-17(21(2)3)15(14-22)9-10-19(23)24/h5-8,15,17H,4,9-14H2,1-3H3,(H,23,24)/t15-,17+/m0/s1. The van der Waals surface area contributed by atoms with E-state index in [1.54, 1.807) is 6.07 Å². The van der Waals surface area contributed by atoms with Gasteiger partial charge in [-0.15, -0.1) is 0 Å². The number of nitrogens with zero attached hydrogens (tertiary/aromatic N) is 2. The van der Waals surface area contributed by atoms with Gasteiger partial charge in [-0.2, -0.15) is 0 Å². The minimum atomic E-state index is -0.788. The zero-order valence-corrected chi connectivity index (χ0v) is 16.0. The van der Waals surface area contributed by atoms with Crippen LogP contribution in [0.4, 0.5) is 0 Å². The van der Waals surface area contributed by atoms with Gasteiger partial charge in [-0.25, -0.2) is 0 Å². The first-order valence-corrected chi connectivity index (χ1v) is 9.33. The number of aliphatic carboxylic acids is 1. The predicted molar refractivity (Wildman–Crippen MR) is 101 cm³/mol. The lowest BCUT2D eigenvalue weighted by Crippen LogP contribution is -2.50. The minimum Gasteiger partial charge on any atom is -0.493 e. The number of benzene rings is 1. The van der Waals surface area contributed by atoms with Crippen LogP contribution in [-0.2, 0) is 4.79 Å². The van der Waals surface area contributed by atoms with E-state index in [9.17, 15) is 9.59 Å². The highest BCUT2D eigenvalue weighted by Gasteiger charge is 2.33. The largest absolute Gasteiger partial charge is 0.493 e. The molecule has 1 fully saturated rings. The molecular weight excluding hydrogens is 332 g/mol. The molecule has 1 aromatic rings. The summed E-state index contributed by atoms with van der Waals surface area (Å²) in [4.78, 5) is 28.0. The van der Waals surface area contributed by atoms with E-state index in [0.717, 1.165) is 12.8 Å². The van der Waals surface area contributed by atoms with Gasteiger partial charge in [0.15, 0.2) is 0 Å². The summed E-state index contributed by atoms with van der Waals surface area (Å²) in [6, 6.07) is 7.65. The van der Waals surface area contributed by atoms with Gasteiger partial charge in [-0.1, -0.05) is 19.1 Å². The fourth-order valence-corrected chi connectivity index (χ4v) is 3.63. The lowest BCUT2D eigenvalue weighted by Gasteiger charge is -2.41. The maximum absolute atomic E-state index is 13.1. The molecule has 6 nitrogen and oxygen atoms in total. The van der Waals surface area contributed by atoms with Crippen molar-refractivity contribution in [3.63, 3.8) is 0 Å². The SMILES string of the molecule is CCCOc1ccccc1C(=O)N1CC[C@@H](N(C)C)[C@@H](CCC(=O)O)C1. The molecule has 144 valence electrons. The molecule has 0 aromatic heterocycles. The van der Waals surface area contributed by atoms with Crippen LogP contribution in [0, 0.1) is 5.92 Å². The quantitative estimate of drug-likeness (QED) is 0.770. The van der Waals surface area contributed by atoms with Crippen LogP contribution in [0.25, 0.3) is 0 Å². The van der Waals surface area contributed by atoms with Gasteiger partial charge in [0, 0.05) is 25.6 Å². The van der Waals surface area contributed by atoms with Crippen LogP contribution in [0.15, 0.2) is 24.3 Å². The molecule has 2 atom stereocenters. The lowest BCUT2D eigenvalue weighted by atomic mass is 9.87. The first-order chi connectivity index (χ1) is 12.4. The molecule has 0 bridgehead atoms. The Morgan fingerprint density at radius 2 is 2.04 bits per heavy atom. The summed E-state index contributed by atoms with van der Waals surface area (Å²) >= 11 is 0. The van der Waals surface area contributed by atoms with E-state index in [0.29, 0.717) is 43.5 Å². The molecule has 1 aliphatic rings. The van der Waals surface area contributed by atoms with Crippen molar-refractivity contribution in [2.45, 2.75) is 38.6 Å². The molecule has 1 saturated heterocycles. The molecule has 1 N–H and O–H groups in total. The van der Waals surface area contributed by atoms with Gasteiger partial charge in [0.25, 0.3) is 5.91 Å². The van der Waals surface area contributed by atoms with E-state index in [1.807, 2.05) is 44.1 Å². The van der Waals surface area contributed by atoms with Crippen LogP contribution in [-0.4, -0.2) is 66.6 Å². The van der Waals surface area contributed by atoms with Gasteiger partial charge in [0.2, 0.25) is 0 Å². The molecule has 1 aliphatic heterocycles. The van der Waals surface area contributed by atoms with Crippen molar-refractivity contribution in [3.8, 4) is 5.75 Å². The van der Waals surface area contributed by atoms with Crippen molar-refractivity contribution >= 4 is 11.9 Å². The second kappa shape index (κ2) is 9.57. The number of carbonyl (C=O) groups excluding carboxylic acids is 1. The van der Waals surface area contributed by atoms with Gasteiger partial charge < -0.3 is 19.6 Å². The number of ether oxygens (including phenoxy) is 1. The van der Waals surface area contributed by atoms with Crippen LogP contribution in [0.1, 0.15) is 43.0 Å². The Balaban J connectivity index is 2.13. The van der Waals surface area contributed by atoms with Gasteiger partial charge in [-0.3, -0.25) is 9.59 Å². The van der Waals surface area contributed by atoms with Crippen LogP contribution in [0.2, 0.25) is 0 Å². The molecule has 0 unspecified atom stereocenters. The van der Waals surface area contributed by atoms with Crippen molar-refractivity contribution in [3.05, 3.63) is 29.8 Å². The lowest BCUT2D eigenvalue weighted by molar-refractivity contribution is -0.137. The number of piperidine rings is 1. The van der Waals surface area contributed by atoms with Gasteiger partial charge >= 0.3 is 5.97 Å². The molecule has 1 amide bonds. The molecule has 1 heterocycles. The highest BCUT2D eigenvalue weighted by molar-refractivity contribution is 5.97. The molecule has 1 aromatic carbocycles. The normalized spacial score (nSPS) is 20.2. The van der Waals surface area contributed by atoms with E-state index in [1.165, 1.54) is 0 Å². The average molecular weight is 362 g/mol. The summed E-state index contributed by atoms with van der Waals surface area (Å²) in [6.45, 7) is 3.86. The number of para-hydroxylation sites is 1. The number of likely N-dealkylation sites (tertiary alicyclic amines) is 1. The maximum Gasteiger partial charge on any atom is 0.303 e. The van der Waals surface area contributed by atoms with Crippen LogP contribution in [0.3, 0.4) is 0 Å². The molecule has 0 radical (unpaired) electrons. The van der Waals surface area contributed by atoms with Gasteiger partial charge in [-0.05, 0) is 51.4 Å². The smallest absolute Gasteiger partial charge is 0.303 e. The number of rotatable bonds is 8. The third kappa shape index (κ3) is 5.21. The Kier molecular flexibility index (Phi) is 7.45. The maximum atomic E-state index is 13.1. The van der Waals surface area contributed by atoms with E-state index >= 15 is 0 Å². The highest BCUT2D eigenvalue weighted by atomic mass is 16.5. The Labute approximate surface area is 155 Å². The first-order valence-electron chi connectivity index (χ1n) is 9.33. The fraction of sp³-hybridized carbons (Fsp3) is 0.600. The summed E-state index contributed by atoms with van der Waals surface area (Å²) in [6.07, 6.45) is 2.44. The summed E-state index contributed by atoms with van der Waals surface area (Å²) < 4.78 is 5.73. The number of carboxylic acid groups (broad SMARTS) is 1. The summed E-state index contributed by atoms with van der Waals surface area (Å²) in [5, 5.41) is 9.03. The Bertz CT molecular complexity index is 618. The predicted octanol–water partition coefficient (Wildman–Crippen LogP) is 2.73. The second-order valence-electron chi connectivity index (χ2n) is 7.11. The fourth-order valence-electron chi connectivity index (χ4n) is 3.63. The molecule has 26 heavy (non-hydrogen) atoms. The van der Waals surface area contributed by atoms with E-state index in [2.05, 4.69) is 4.90 Å². The van der Waals surface area contributed by atoms with Crippen LogP contribution >= 0.6 is 0 Å². The summed E-state index contributed by atoms with van der Waals surface area (Å²) in [5.41, 5.74) is 0.584. The molecule has 0 saturated carbocycles. The molecule has 6 heteroatoms. The van der Waals surface area contributed by atoms with Crippen molar-refractivity contribution in [1.82, 2.24) is 9.80 Å². The Morgan fingerprint density at radius 1 is 1.31 bits per heavy atom. The van der Waals surface area contributed by atoms with Gasteiger partial charge in [0.05, 0.1) is 12.2 Å².